The Morgan fingerprint density at radius 3 is 2.58 bits per heavy atom. The maximum absolute atomic E-state index is 11.5. The van der Waals surface area contributed by atoms with Gasteiger partial charge in [-0.2, -0.15) is 0 Å². The number of alkyl halides is 1. The second kappa shape index (κ2) is 6.70. The van der Waals surface area contributed by atoms with Gasteiger partial charge in [0.05, 0.1) is 23.1 Å². The number of carbonyl (C=O) groups excluding carboxylic acids is 1. The summed E-state index contributed by atoms with van der Waals surface area (Å²) in [6.07, 6.45) is -0.0288. The predicted molar refractivity (Wildman–Crippen MR) is 82.1 cm³/mol. The Morgan fingerprint density at radius 1 is 1.32 bits per heavy atom. The summed E-state index contributed by atoms with van der Waals surface area (Å²) in [5.74, 6) is 0.174. The number of esters is 1. The van der Waals surface area contributed by atoms with E-state index in [2.05, 4.69) is 29.5 Å². The van der Waals surface area contributed by atoms with Gasteiger partial charge in [0, 0.05) is 5.92 Å². The highest BCUT2D eigenvalue weighted by Crippen LogP contribution is 2.32. The zero-order chi connectivity index (χ0) is 13.8. The van der Waals surface area contributed by atoms with Crippen LogP contribution >= 0.6 is 22.6 Å². The van der Waals surface area contributed by atoms with Gasteiger partial charge < -0.3 is 9.47 Å². The number of ether oxygens (including phenoxy) is 2. The molecule has 0 spiro atoms. The minimum absolute atomic E-state index is 0.00334. The second-order valence-electron chi connectivity index (χ2n) is 5.07. The van der Waals surface area contributed by atoms with E-state index in [1.807, 2.05) is 37.3 Å². The first kappa shape index (κ1) is 14.8. The first-order valence-corrected chi connectivity index (χ1v) is 7.80. The molecule has 0 radical (unpaired) electrons. The number of halogens is 1. The largest absolute Gasteiger partial charge is 0.461 e. The third kappa shape index (κ3) is 3.69. The van der Waals surface area contributed by atoms with Gasteiger partial charge in [0.25, 0.3) is 0 Å². The van der Waals surface area contributed by atoms with E-state index in [4.69, 9.17) is 9.47 Å². The van der Waals surface area contributed by atoms with E-state index in [1.165, 1.54) is 0 Å². The molecule has 19 heavy (non-hydrogen) atoms. The van der Waals surface area contributed by atoms with Crippen molar-refractivity contribution in [2.24, 2.45) is 11.8 Å². The van der Waals surface area contributed by atoms with Crippen molar-refractivity contribution in [1.82, 2.24) is 0 Å². The van der Waals surface area contributed by atoms with Crippen LogP contribution in [0.4, 0.5) is 0 Å². The van der Waals surface area contributed by atoms with Crippen LogP contribution in [0, 0.1) is 11.8 Å². The highest BCUT2D eigenvalue weighted by Gasteiger charge is 2.42. The van der Waals surface area contributed by atoms with Crippen LogP contribution < -0.4 is 0 Å². The molecule has 1 saturated heterocycles. The van der Waals surface area contributed by atoms with Gasteiger partial charge in [0.2, 0.25) is 0 Å². The van der Waals surface area contributed by atoms with Gasteiger partial charge >= 0.3 is 5.97 Å². The lowest BCUT2D eigenvalue weighted by Gasteiger charge is -2.21. The molecule has 1 aliphatic heterocycles. The van der Waals surface area contributed by atoms with E-state index in [9.17, 15) is 4.79 Å². The van der Waals surface area contributed by atoms with Gasteiger partial charge in [-0.3, -0.25) is 4.79 Å². The van der Waals surface area contributed by atoms with Crippen molar-refractivity contribution in [3.63, 3.8) is 0 Å². The molecule has 0 aliphatic carbocycles. The van der Waals surface area contributed by atoms with E-state index in [1.54, 1.807) is 0 Å². The molecule has 1 aromatic rings. The standard InChI is InChI=1S/C15H19IO3/c1-10-11(2)15(17)19-14(10)13(16)9-18-8-12-6-4-3-5-7-12/h3-7,10-11,13-14H,8-9H2,1-2H3/t10-,11-,13+,14-/m0/s1. The lowest BCUT2D eigenvalue weighted by Crippen LogP contribution is -2.30. The van der Waals surface area contributed by atoms with Crippen molar-refractivity contribution in [3.8, 4) is 0 Å². The molecule has 3 nitrogen and oxygen atoms in total. The highest BCUT2D eigenvalue weighted by molar-refractivity contribution is 14.1. The molecule has 0 aromatic heterocycles. The molecular formula is C15H19IO3. The van der Waals surface area contributed by atoms with Crippen LogP contribution in [0.5, 0.6) is 0 Å². The molecule has 2 rings (SSSR count). The lowest BCUT2D eigenvalue weighted by atomic mass is 9.93. The SMILES string of the molecule is C[C@@H]1[C@@H]([C@H](I)COCc2ccccc2)OC(=O)[C@H]1C. The molecule has 104 valence electrons. The minimum atomic E-state index is -0.0813. The summed E-state index contributed by atoms with van der Waals surface area (Å²) in [5.41, 5.74) is 1.16. The average molecular weight is 374 g/mol. The number of carbonyl (C=O) groups is 1. The van der Waals surface area contributed by atoms with Crippen LogP contribution in [0.2, 0.25) is 0 Å². The molecule has 0 N–H and O–H groups in total. The maximum atomic E-state index is 11.5. The van der Waals surface area contributed by atoms with Crippen molar-refractivity contribution >= 4 is 28.6 Å². The first-order valence-electron chi connectivity index (χ1n) is 6.56. The molecule has 4 heteroatoms. The molecule has 1 aliphatic rings. The van der Waals surface area contributed by atoms with Crippen molar-refractivity contribution in [2.75, 3.05) is 6.61 Å². The Balaban J connectivity index is 1.79. The van der Waals surface area contributed by atoms with E-state index < -0.39 is 0 Å². The number of rotatable bonds is 5. The zero-order valence-corrected chi connectivity index (χ0v) is 13.4. The van der Waals surface area contributed by atoms with Crippen LogP contribution in [0.15, 0.2) is 30.3 Å². The Bertz CT molecular complexity index is 421. The third-order valence-corrected chi connectivity index (χ3v) is 4.74. The Labute approximate surface area is 127 Å². The molecule has 0 bridgehead atoms. The fraction of sp³-hybridized carbons (Fsp3) is 0.533. The molecule has 0 amide bonds. The molecule has 0 saturated carbocycles. The van der Waals surface area contributed by atoms with Gasteiger partial charge in [-0.05, 0) is 5.56 Å². The fourth-order valence-corrected chi connectivity index (χ4v) is 3.27. The summed E-state index contributed by atoms with van der Waals surface area (Å²) in [6.45, 7) is 5.21. The minimum Gasteiger partial charge on any atom is -0.461 e. The van der Waals surface area contributed by atoms with Gasteiger partial charge in [-0.25, -0.2) is 0 Å². The van der Waals surface area contributed by atoms with Crippen LogP contribution in [-0.2, 0) is 20.9 Å². The van der Waals surface area contributed by atoms with Crippen molar-refractivity contribution in [1.29, 1.82) is 0 Å². The fourth-order valence-electron chi connectivity index (χ4n) is 2.21. The topological polar surface area (TPSA) is 35.5 Å². The highest BCUT2D eigenvalue weighted by atomic mass is 127. The number of cyclic esters (lactones) is 1. The van der Waals surface area contributed by atoms with E-state index in [-0.39, 0.29) is 27.8 Å². The Morgan fingerprint density at radius 2 is 2.00 bits per heavy atom. The quantitative estimate of drug-likeness (QED) is 0.451. The third-order valence-electron chi connectivity index (χ3n) is 3.68. The van der Waals surface area contributed by atoms with Gasteiger partial charge in [-0.15, -0.1) is 0 Å². The first-order chi connectivity index (χ1) is 9.09. The predicted octanol–water partition coefficient (Wildman–Crippen LogP) is 3.20. The smallest absolute Gasteiger partial charge is 0.309 e. The molecule has 4 atom stereocenters. The lowest BCUT2D eigenvalue weighted by molar-refractivity contribution is -0.144. The van der Waals surface area contributed by atoms with Crippen molar-refractivity contribution in [3.05, 3.63) is 35.9 Å². The Hall–Kier alpha value is -0.620. The van der Waals surface area contributed by atoms with Gasteiger partial charge in [0.15, 0.2) is 0 Å². The molecule has 1 aromatic carbocycles. The monoisotopic (exact) mass is 374 g/mol. The van der Waals surface area contributed by atoms with Crippen LogP contribution in [0.1, 0.15) is 19.4 Å². The second-order valence-corrected chi connectivity index (χ2v) is 6.67. The summed E-state index contributed by atoms with van der Waals surface area (Å²) >= 11 is 2.32. The summed E-state index contributed by atoms with van der Waals surface area (Å²) in [7, 11) is 0. The number of hydrogen-bond donors (Lipinski definition) is 0. The molecule has 0 unspecified atom stereocenters. The van der Waals surface area contributed by atoms with Crippen molar-refractivity contribution < 1.29 is 14.3 Å². The van der Waals surface area contributed by atoms with Gasteiger partial charge in [-0.1, -0.05) is 66.8 Å². The van der Waals surface area contributed by atoms with Crippen LogP contribution in [-0.4, -0.2) is 22.6 Å². The zero-order valence-electron chi connectivity index (χ0n) is 11.2. The normalized spacial score (nSPS) is 28.2. The average Bonchev–Trinajstić information content (AvgIpc) is 2.68. The summed E-state index contributed by atoms with van der Waals surface area (Å²) in [6, 6.07) is 10.1. The number of hydrogen-bond acceptors (Lipinski definition) is 3. The molecular weight excluding hydrogens is 355 g/mol. The Kier molecular flexibility index (Phi) is 5.21. The van der Waals surface area contributed by atoms with Crippen LogP contribution in [0.25, 0.3) is 0 Å². The van der Waals surface area contributed by atoms with E-state index in [0.29, 0.717) is 13.2 Å². The summed E-state index contributed by atoms with van der Waals surface area (Å²) in [4.78, 5) is 11.5. The summed E-state index contributed by atoms with van der Waals surface area (Å²) < 4.78 is 11.3. The number of benzene rings is 1. The van der Waals surface area contributed by atoms with Gasteiger partial charge in [0.1, 0.15) is 6.10 Å². The molecule has 1 heterocycles. The molecule has 1 fully saturated rings. The van der Waals surface area contributed by atoms with Crippen molar-refractivity contribution in [2.45, 2.75) is 30.5 Å². The summed E-state index contributed by atoms with van der Waals surface area (Å²) in [5, 5.41) is 0. The van der Waals surface area contributed by atoms with E-state index >= 15 is 0 Å². The van der Waals surface area contributed by atoms with E-state index in [0.717, 1.165) is 5.56 Å². The maximum Gasteiger partial charge on any atom is 0.309 e. The van der Waals surface area contributed by atoms with Crippen LogP contribution in [0.3, 0.4) is 0 Å².